The highest BCUT2D eigenvalue weighted by atomic mass is 15.1. The number of hydrogen-bond acceptors (Lipinski definition) is 5. The Bertz CT molecular complexity index is 770. The van der Waals surface area contributed by atoms with Crippen LogP contribution in [0.5, 0.6) is 0 Å². The van der Waals surface area contributed by atoms with Gasteiger partial charge in [-0.25, -0.2) is 19.9 Å². The van der Waals surface area contributed by atoms with E-state index in [-0.39, 0.29) is 6.04 Å². The summed E-state index contributed by atoms with van der Waals surface area (Å²) >= 11 is 0. The summed E-state index contributed by atoms with van der Waals surface area (Å²) in [6.07, 6.45) is 1.52. The van der Waals surface area contributed by atoms with Crippen LogP contribution in [0.15, 0.2) is 36.7 Å². The molecule has 0 bridgehead atoms. The number of rotatable bonds is 3. The molecule has 0 saturated carbocycles. The maximum absolute atomic E-state index is 4.57. The molecule has 0 aliphatic heterocycles. The van der Waals surface area contributed by atoms with Crippen molar-refractivity contribution < 1.29 is 0 Å². The molecule has 2 aromatic heterocycles. The second-order valence-corrected chi connectivity index (χ2v) is 5.07. The van der Waals surface area contributed by atoms with E-state index >= 15 is 0 Å². The quantitative estimate of drug-likeness (QED) is 0.797. The maximum Gasteiger partial charge on any atom is 0.183 e. The Morgan fingerprint density at radius 2 is 1.67 bits per heavy atom. The molecular weight excluding hydrogens is 262 g/mol. The average molecular weight is 279 g/mol. The number of aryl methyl sites for hydroxylation is 2. The zero-order valence-electron chi connectivity index (χ0n) is 12.3. The zero-order valence-corrected chi connectivity index (χ0v) is 12.3. The van der Waals surface area contributed by atoms with Gasteiger partial charge in [0.1, 0.15) is 6.33 Å². The van der Waals surface area contributed by atoms with Crippen LogP contribution in [0.2, 0.25) is 0 Å². The fourth-order valence-corrected chi connectivity index (χ4v) is 2.18. The van der Waals surface area contributed by atoms with E-state index < -0.39 is 0 Å². The van der Waals surface area contributed by atoms with Crippen molar-refractivity contribution in [3.05, 3.63) is 53.6 Å². The molecule has 0 radical (unpaired) electrons. The minimum Gasteiger partial charge on any atom is -0.362 e. The lowest BCUT2D eigenvalue weighted by Crippen LogP contribution is -2.10. The minimum absolute atomic E-state index is 0.132. The number of nitrogens with zero attached hydrogens (tertiary/aromatic N) is 4. The number of aromatic nitrogens is 4. The fourth-order valence-electron chi connectivity index (χ4n) is 2.18. The molecule has 5 heteroatoms. The highest BCUT2D eigenvalue weighted by Crippen LogP contribution is 2.22. The van der Waals surface area contributed by atoms with E-state index in [1.807, 2.05) is 32.0 Å². The Labute approximate surface area is 123 Å². The van der Waals surface area contributed by atoms with Crippen molar-refractivity contribution in [2.24, 2.45) is 0 Å². The molecule has 5 nitrogen and oxygen atoms in total. The van der Waals surface area contributed by atoms with Gasteiger partial charge in [-0.1, -0.05) is 30.3 Å². The Morgan fingerprint density at radius 3 is 2.43 bits per heavy atom. The van der Waals surface area contributed by atoms with Gasteiger partial charge in [-0.2, -0.15) is 0 Å². The van der Waals surface area contributed by atoms with Gasteiger partial charge in [-0.05, 0) is 26.3 Å². The lowest BCUT2D eigenvalue weighted by Gasteiger charge is -2.15. The van der Waals surface area contributed by atoms with Crippen LogP contribution in [-0.2, 0) is 0 Å². The predicted molar refractivity (Wildman–Crippen MR) is 83.1 cm³/mol. The molecule has 3 aromatic rings. The molecule has 0 saturated heterocycles. The SMILES string of the molecule is Cc1nc2ncnc(N[C@@H](C)c3ccccc3)c2nc1C. The van der Waals surface area contributed by atoms with Crippen LogP contribution >= 0.6 is 0 Å². The Hall–Kier alpha value is -2.56. The largest absolute Gasteiger partial charge is 0.362 e. The average Bonchev–Trinajstić information content (AvgIpc) is 2.50. The summed E-state index contributed by atoms with van der Waals surface area (Å²) in [5.74, 6) is 0.715. The van der Waals surface area contributed by atoms with Gasteiger partial charge in [0.15, 0.2) is 17.0 Å². The summed E-state index contributed by atoms with van der Waals surface area (Å²) in [4.78, 5) is 17.6. The van der Waals surface area contributed by atoms with Crippen molar-refractivity contribution in [2.75, 3.05) is 5.32 Å². The van der Waals surface area contributed by atoms with Gasteiger partial charge in [-0.15, -0.1) is 0 Å². The van der Waals surface area contributed by atoms with E-state index in [0.717, 1.165) is 11.4 Å². The highest BCUT2D eigenvalue weighted by molar-refractivity contribution is 5.82. The highest BCUT2D eigenvalue weighted by Gasteiger charge is 2.12. The topological polar surface area (TPSA) is 63.6 Å². The van der Waals surface area contributed by atoms with E-state index in [9.17, 15) is 0 Å². The van der Waals surface area contributed by atoms with E-state index in [0.29, 0.717) is 17.0 Å². The van der Waals surface area contributed by atoms with Crippen LogP contribution in [0.4, 0.5) is 5.82 Å². The molecule has 2 heterocycles. The molecule has 0 amide bonds. The predicted octanol–water partition coefficient (Wildman–Crippen LogP) is 3.21. The summed E-state index contributed by atoms with van der Waals surface area (Å²) in [5, 5.41) is 3.39. The lowest BCUT2D eigenvalue weighted by atomic mass is 10.1. The van der Waals surface area contributed by atoms with Gasteiger partial charge in [-0.3, -0.25) is 0 Å². The molecule has 106 valence electrons. The van der Waals surface area contributed by atoms with Crippen molar-refractivity contribution in [1.82, 2.24) is 19.9 Å². The van der Waals surface area contributed by atoms with Crippen LogP contribution in [0, 0.1) is 13.8 Å². The van der Waals surface area contributed by atoms with Crippen LogP contribution < -0.4 is 5.32 Å². The summed E-state index contributed by atoms with van der Waals surface area (Å²) in [6, 6.07) is 10.4. The molecule has 21 heavy (non-hydrogen) atoms. The molecule has 0 unspecified atom stereocenters. The van der Waals surface area contributed by atoms with Crippen molar-refractivity contribution in [1.29, 1.82) is 0 Å². The molecule has 1 atom stereocenters. The van der Waals surface area contributed by atoms with Crippen molar-refractivity contribution in [2.45, 2.75) is 26.8 Å². The molecule has 3 rings (SSSR count). The molecule has 0 aliphatic carbocycles. The van der Waals surface area contributed by atoms with Crippen LogP contribution in [-0.4, -0.2) is 19.9 Å². The van der Waals surface area contributed by atoms with Gasteiger partial charge in [0, 0.05) is 0 Å². The van der Waals surface area contributed by atoms with Crippen LogP contribution in [0.3, 0.4) is 0 Å². The maximum atomic E-state index is 4.57. The van der Waals surface area contributed by atoms with Crippen LogP contribution in [0.25, 0.3) is 11.2 Å². The van der Waals surface area contributed by atoms with Crippen molar-refractivity contribution in [3.63, 3.8) is 0 Å². The minimum atomic E-state index is 0.132. The number of anilines is 1. The normalized spacial score (nSPS) is 12.3. The number of hydrogen-bond donors (Lipinski definition) is 1. The second-order valence-electron chi connectivity index (χ2n) is 5.07. The first-order valence-electron chi connectivity index (χ1n) is 6.92. The summed E-state index contributed by atoms with van der Waals surface area (Å²) in [6.45, 7) is 5.97. The third-order valence-electron chi connectivity index (χ3n) is 3.53. The standard InChI is InChI=1S/C16H17N5/c1-10-11(2)20-15-14(19-10)16(18-9-17-15)21-12(3)13-7-5-4-6-8-13/h4-9,12H,1-3H3,(H,17,18,20,21)/t12-/m0/s1. The molecule has 1 aromatic carbocycles. The molecule has 0 aliphatic rings. The molecular formula is C16H17N5. The molecule has 1 N–H and O–H groups in total. The van der Waals surface area contributed by atoms with Gasteiger partial charge in [0.25, 0.3) is 0 Å². The smallest absolute Gasteiger partial charge is 0.183 e. The van der Waals surface area contributed by atoms with E-state index in [4.69, 9.17) is 0 Å². The van der Waals surface area contributed by atoms with Gasteiger partial charge in [0.2, 0.25) is 0 Å². The first-order valence-corrected chi connectivity index (χ1v) is 6.92. The van der Waals surface area contributed by atoms with E-state index in [2.05, 4.69) is 44.3 Å². The summed E-state index contributed by atoms with van der Waals surface area (Å²) in [7, 11) is 0. The zero-order chi connectivity index (χ0) is 14.8. The Balaban J connectivity index is 1.99. The van der Waals surface area contributed by atoms with Gasteiger partial charge in [0.05, 0.1) is 17.4 Å². The van der Waals surface area contributed by atoms with Crippen molar-refractivity contribution in [3.8, 4) is 0 Å². The van der Waals surface area contributed by atoms with Gasteiger partial charge >= 0.3 is 0 Å². The van der Waals surface area contributed by atoms with Gasteiger partial charge < -0.3 is 5.32 Å². The summed E-state index contributed by atoms with van der Waals surface area (Å²) < 4.78 is 0. The van der Waals surface area contributed by atoms with Crippen molar-refractivity contribution >= 4 is 17.0 Å². The molecule has 0 fully saturated rings. The number of benzene rings is 1. The number of fused-ring (bicyclic) bond motifs is 1. The van der Waals surface area contributed by atoms with E-state index in [1.165, 1.54) is 11.9 Å². The lowest BCUT2D eigenvalue weighted by molar-refractivity contribution is 0.873. The second kappa shape index (κ2) is 5.44. The Kier molecular flexibility index (Phi) is 3.48. The summed E-state index contributed by atoms with van der Waals surface area (Å²) in [5.41, 5.74) is 4.32. The first kappa shape index (κ1) is 13.4. The van der Waals surface area contributed by atoms with Crippen LogP contribution in [0.1, 0.15) is 29.9 Å². The fraction of sp³-hybridized carbons (Fsp3) is 0.250. The first-order chi connectivity index (χ1) is 10.1. The Morgan fingerprint density at radius 1 is 0.952 bits per heavy atom. The third kappa shape index (κ3) is 2.67. The molecule has 0 spiro atoms. The third-order valence-corrected chi connectivity index (χ3v) is 3.53. The van der Waals surface area contributed by atoms with E-state index in [1.54, 1.807) is 0 Å². The monoisotopic (exact) mass is 279 g/mol. The number of nitrogens with one attached hydrogen (secondary N) is 1.